The van der Waals surface area contributed by atoms with Gasteiger partial charge in [0.15, 0.2) is 0 Å². The first-order chi connectivity index (χ1) is 8.24. The van der Waals surface area contributed by atoms with Crippen molar-refractivity contribution < 1.29 is 4.74 Å². The molecule has 1 unspecified atom stereocenters. The lowest BCUT2D eigenvalue weighted by atomic mass is 9.94. The number of rotatable bonds is 8. The minimum absolute atomic E-state index is 0.325. The Morgan fingerprint density at radius 1 is 1.29 bits per heavy atom. The number of ether oxygens (including phenoxy) is 1. The number of hydrogen-bond donors (Lipinski definition) is 1. The maximum absolute atomic E-state index is 5.20. The highest BCUT2D eigenvalue weighted by Crippen LogP contribution is 2.21. The van der Waals surface area contributed by atoms with Crippen molar-refractivity contribution >= 4 is 0 Å². The molecule has 3 nitrogen and oxygen atoms in total. The fraction of sp³-hybridized carbons (Fsp3) is 1.00. The van der Waals surface area contributed by atoms with E-state index in [0.29, 0.717) is 6.10 Å². The van der Waals surface area contributed by atoms with E-state index >= 15 is 0 Å². The van der Waals surface area contributed by atoms with E-state index in [9.17, 15) is 0 Å². The van der Waals surface area contributed by atoms with E-state index in [1.54, 1.807) is 7.11 Å². The molecule has 1 N–H and O–H groups in total. The molecule has 1 aliphatic rings. The zero-order valence-corrected chi connectivity index (χ0v) is 11.9. The molecule has 1 atom stereocenters. The minimum atomic E-state index is 0.325. The Bertz CT molecular complexity index is 181. The lowest BCUT2D eigenvalue weighted by Gasteiger charge is -2.31. The van der Waals surface area contributed by atoms with Crippen molar-refractivity contribution in [3.63, 3.8) is 0 Å². The van der Waals surface area contributed by atoms with Gasteiger partial charge in [-0.15, -0.1) is 0 Å². The third-order valence-electron chi connectivity index (χ3n) is 3.90. The molecular weight excluding hydrogens is 212 g/mol. The summed E-state index contributed by atoms with van der Waals surface area (Å²) >= 11 is 0. The van der Waals surface area contributed by atoms with Gasteiger partial charge in [-0.1, -0.05) is 19.3 Å². The monoisotopic (exact) mass is 242 g/mol. The molecule has 102 valence electrons. The molecule has 0 aromatic carbocycles. The Hall–Kier alpha value is -0.120. The fourth-order valence-corrected chi connectivity index (χ4v) is 2.55. The number of methoxy groups -OCH3 is 1. The van der Waals surface area contributed by atoms with Crippen LogP contribution in [0, 0.1) is 0 Å². The summed E-state index contributed by atoms with van der Waals surface area (Å²) in [6.07, 6.45) is 8.68. The zero-order chi connectivity index (χ0) is 12.5. The Labute approximate surface area is 107 Å². The second-order valence-corrected chi connectivity index (χ2v) is 5.38. The first-order valence-electron chi connectivity index (χ1n) is 7.17. The van der Waals surface area contributed by atoms with Crippen LogP contribution in [0.2, 0.25) is 0 Å². The first-order valence-corrected chi connectivity index (χ1v) is 7.17. The Kier molecular flexibility index (Phi) is 7.82. The Morgan fingerprint density at radius 2 is 2.00 bits per heavy atom. The number of nitrogens with one attached hydrogen (secondary N) is 1. The second-order valence-electron chi connectivity index (χ2n) is 5.38. The highest BCUT2D eigenvalue weighted by molar-refractivity contribution is 4.73. The quantitative estimate of drug-likeness (QED) is 0.661. The molecule has 3 heteroatoms. The summed E-state index contributed by atoms with van der Waals surface area (Å²) in [5.74, 6) is 0. The van der Waals surface area contributed by atoms with Crippen molar-refractivity contribution in [1.29, 1.82) is 0 Å². The van der Waals surface area contributed by atoms with Crippen LogP contribution in [0.15, 0.2) is 0 Å². The lowest BCUT2D eigenvalue weighted by molar-refractivity contribution is 0.116. The second kappa shape index (κ2) is 8.90. The molecule has 0 bridgehead atoms. The van der Waals surface area contributed by atoms with Crippen molar-refractivity contribution in [3.05, 3.63) is 0 Å². The molecule has 0 radical (unpaired) electrons. The maximum atomic E-state index is 5.20. The van der Waals surface area contributed by atoms with Gasteiger partial charge in [0, 0.05) is 19.7 Å². The molecule has 0 saturated heterocycles. The Morgan fingerprint density at radius 3 is 2.65 bits per heavy atom. The maximum Gasteiger partial charge on any atom is 0.0667 e. The average Bonchev–Trinajstić information content (AvgIpc) is 2.38. The van der Waals surface area contributed by atoms with Gasteiger partial charge in [-0.2, -0.15) is 0 Å². The Balaban J connectivity index is 1.97. The van der Waals surface area contributed by atoms with Crippen molar-refractivity contribution in [2.45, 2.75) is 57.6 Å². The van der Waals surface area contributed by atoms with Gasteiger partial charge >= 0.3 is 0 Å². The van der Waals surface area contributed by atoms with E-state index in [-0.39, 0.29) is 0 Å². The molecule has 0 aromatic heterocycles. The van der Waals surface area contributed by atoms with Crippen molar-refractivity contribution in [2.75, 3.05) is 33.8 Å². The van der Waals surface area contributed by atoms with E-state index in [4.69, 9.17) is 4.74 Å². The predicted molar refractivity (Wildman–Crippen MR) is 73.5 cm³/mol. The molecular formula is C14H30N2O. The summed E-state index contributed by atoms with van der Waals surface area (Å²) in [6, 6.07) is 0.849. The van der Waals surface area contributed by atoms with Crippen molar-refractivity contribution in [2.24, 2.45) is 0 Å². The largest absolute Gasteiger partial charge is 0.380 e. The lowest BCUT2D eigenvalue weighted by Crippen LogP contribution is -2.35. The van der Waals surface area contributed by atoms with Crippen LogP contribution in [0.5, 0.6) is 0 Å². The molecule has 0 aromatic rings. The van der Waals surface area contributed by atoms with Crippen LogP contribution in [-0.4, -0.2) is 50.8 Å². The fourth-order valence-electron chi connectivity index (χ4n) is 2.55. The minimum Gasteiger partial charge on any atom is -0.380 e. The zero-order valence-electron chi connectivity index (χ0n) is 11.9. The van der Waals surface area contributed by atoms with Gasteiger partial charge in [-0.3, -0.25) is 0 Å². The summed E-state index contributed by atoms with van der Waals surface area (Å²) in [4.78, 5) is 2.56. The van der Waals surface area contributed by atoms with Crippen LogP contribution in [0.4, 0.5) is 0 Å². The van der Waals surface area contributed by atoms with Crippen LogP contribution < -0.4 is 5.32 Å². The van der Waals surface area contributed by atoms with E-state index in [1.165, 1.54) is 45.1 Å². The molecule has 1 aliphatic carbocycles. The molecule has 0 heterocycles. The smallest absolute Gasteiger partial charge is 0.0667 e. The van der Waals surface area contributed by atoms with Gasteiger partial charge in [0.1, 0.15) is 0 Å². The molecule has 1 saturated carbocycles. The van der Waals surface area contributed by atoms with Gasteiger partial charge in [0.05, 0.1) is 6.10 Å². The van der Waals surface area contributed by atoms with Crippen molar-refractivity contribution in [1.82, 2.24) is 10.2 Å². The highest BCUT2D eigenvalue weighted by Gasteiger charge is 2.16. The average molecular weight is 242 g/mol. The molecule has 17 heavy (non-hydrogen) atoms. The summed E-state index contributed by atoms with van der Waals surface area (Å²) in [6.45, 7) is 5.38. The van der Waals surface area contributed by atoms with E-state index in [1.807, 2.05) is 0 Å². The van der Waals surface area contributed by atoms with Crippen LogP contribution in [0.3, 0.4) is 0 Å². The predicted octanol–water partition coefficient (Wildman–Crippen LogP) is 2.27. The third-order valence-corrected chi connectivity index (χ3v) is 3.90. The van der Waals surface area contributed by atoms with Gasteiger partial charge in [0.25, 0.3) is 0 Å². The summed E-state index contributed by atoms with van der Waals surface area (Å²) in [7, 11) is 4.05. The van der Waals surface area contributed by atoms with Crippen LogP contribution in [0.1, 0.15) is 45.4 Å². The topological polar surface area (TPSA) is 24.5 Å². The molecule has 0 spiro atoms. The van der Waals surface area contributed by atoms with E-state index in [2.05, 4.69) is 24.2 Å². The van der Waals surface area contributed by atoms with E-state index < -0.39 is 0 Å². The summed E-state index contributed by atoms with van der Waals surface area (Å²) in [5.41, 5.74) is 0. The molecule has 0 aliphatic heterocycles. The first kappa shape index (κ1) is 14.9. The SMILES string of the molecule is COC(C)CNCCCN(C)C1CCCCC1. The summed E-state index contributed by atoms with van der Waals surface area (Å²) < 4.78 is 5.20. The van der Waals surface area contributed by atoms with Gasteiger partial charge in [-0.05, 0) is 46.3 Å². The van der Waals surface area contributed by atoms with Gasteiger partial charge in [-0.25, -0.2) is 0 Å². The number of nitrogens with zero attached hydrogens (tertiary/aromatic N) is 1. The molecule has 1 fully saturated rings. The van der Waals surface area contributed by atoms with Crippen LogP contribution in [0.25, 0.3) is 0 Å². The number of hydrogen-bond acceptors (Lipinski definition) is 3. The molecule has 0 amide bonds. The normalized spacial score (nSPS) is 19.8. The highest BCUT2D eigenvalue weighted by atomic mass is 16.5. The standard InChI is InChI=1S/C14H30N2O/c1-13(17-3)12-15-10-7-11-16(2)14-8-5-4-6-9-14/h13-15H,4-12H2,1-3H3. The van der Waals surface area contributed by atoms with Gasteiger partial charge < -0.3 is 15.0 Å². The van der Waals surface area contributed by atoms with Crippen molar-refractivity contribution in [3.8, 4) is 0 Å². The van der Waals surface area contributed by atoms with Crippen LogP contribution >= 0.6 is 0 Å². The third kappa shape index (κ3) is 6.39. The molecule has 1 rings (SSSR count). The summed E-state index contributed by atoms with van der Waals surface area (Å²) in [5, 5.41) is 3.44. The van der Waals surface area contributed by atoms with Gasteiger partial charge in [0.2, 0.25) is 0 Å². The van der Waals surface area contributed by atoms with E-state index in [0.717, 1.165) is 19.1 Å². The van der Waals surface area contributed by atoms with Crippen LogP contribution in [-0.2, 0) is 4.74 Å².